The smallest absolute Gasteiger partial charge is 0.224 e. The molecule has 112 valence electrons. The van der Waals surface area contributed by atoms with Crippen molar-refractivity contribution in [2.75, 3.05) is 12.8 Å². The maximum atomic E-state index is 12.4. The Labute approximate surface area is 122 Å². The molecular formula is C15H30N2OS. The average Bonchev–Trinajstić information content (AvgIpc) is 2.65. The first kappa shape index (κ1) is 16.8. The summed E-state index contributed by atoms with van der Waals surface area (Å²) in [5, 5.41) is 3.16. The first-order chi connectivity index (χ1) is 9.08. The van der Waals surface area contributed by atoms with Gasteiger partial charge in [0.1, 0.15) is 0 Å². The molecule has 1 saturated carbocycles. The fourth-order valence-corrected chi connectivity index (χ4v) is 3.70. The zero-order chi connectivity index (χ0) is 14.3. The molecule has 0 aromatic heterocycles. The van der Waals surface area contributed by atoms with E-state index in [1.165, 1.54) is 12.8 Å². The number of carbonyl (C=O) groups excluding carboxylic acids is 1. The topological polar surface area (TPSA) is 55.1 Å². The first-order valence-electron chi connectivity index (χ1n) is 7.67. The standard InChI is InChI=1S/C15H30N2OS/c1-4-15(5-2,19-3)11-17-14(18)12-9-7-6-8-10-13(12)16/h12-13H,4-11,16H2,1-3H3,(H,17,18). The summed E-state index contributed by atoms with van der Waals surface area (Å²) in [6, 6.07) is 0.0504. The fraction of sp³-hybridized carbons (Fsp3) is 0.933. The van der Waals surface area contributed by atoms with Gasteiger partial charge < -0.3 is 11.1 Å². The average molecular weight is 286 g/mol. The van der Waals surface area contributed by atoms with Crippen LogP contribution in [-0.4, -0.2) is 29.5 Å². The van der Waals surface area contributed by atoms with Crippen molar-refractivity contribution in [1.29, 1.82) is 0 Å². The van der Waals surface area contributed by atoms with Gasteiger partial charge in [-0.25, -0.2) is 0 Å². The van der Waals surface area contributed by atoms with Crippen molar-refractivity contribution < 1.29 is 4.79 Å². The lowest BCUT2D eigenvalue weighted by Gasteiger charge is -2.31. The van der Waals surface area contributed by atoms with E-state index in [0.717, 1.165) is 38.6 Å². The van der Waals surface area contributed by atoms with Crippen LogP contribution in [0.1, 0.15) is 58.8 Å². The van der Waals surface area contributed by atoms with E-state index >= 15 is 0 Å². The summed E-state index contributed by atoms with van der Waals surface area (Å²) in [5.41, 5.74) is 6.15. The van der Waals surface area contributed by atoms with Crippen LogP contribution >= 0.6 is 11.8 Å². The monoisotopic (exact) mass is 286 g/mol. The Morgan fingerprint density at radius 1 is 1.26 bits per heavy atom. The van der Waals surface area contributed by atoms with E-state index in [1.54, 1.807) is 0 Å². The Kier molecular flexibility index (Phi) is 7.22. The lowest BCUT2D eigenvalue weighted by Crippen LogP contribution is -2.46. The molecule has 1 rings (SSSR count). The number of carbonyl (C=O) groups is 1. The molecule has 1 fully saturated rings. The predicted octanol–water partition coefficient (Wildman–Crippen LogP) is 2.93. The van der Waals surface area contributed by atoms with Crippen LogP contribution in [0.5, 0.6) is 0 Å². The fourth-order valence-electron chi connectivity index (χ4n) is 2.90. The molecule has 1 amide bonds. The van der Waals surface area contributed by atoms with Crippen molar-refractivity contribution in [3.05, 3.63) is 0 Å². The Hall–Kier alpha value is -0.220. The highest BCUT2D eigenvalue weighted by atomic mass is 32.2. The summed E-state index contributed by atoms with van der Waals surface area (Å²) in [6.45, 7) is 5.16. The molecule has 3 nitrogen and oxygen atoms in total. The second-order valence-corrected chi connectivity index (χ2v) is 6.99. The van der Waals surface area contributed by atoms with Gasteiger partial charge in [-0.15, -0.1) is 0 Å². The highest BCUT2D eigenvalue weighted by molar-refractivity contribution is 8.00. The minimum absolute atomic E-state index is 0.0239. The second-order valence-electron chi connectivity index (χ2n) is 5.72. The lowest BCUT2D eigenvalue weighted by molar-refractivity contribution is -0.125. The van der Waals surface area contributed by atoms with Crippen LogP contribution in [0.4, 0.5) is 0 Å². The van der Waals surface area contributed by atoms with Crippen molar-refractivity contribution >= 4 is 17.7 Å². The summed E-state index contributed by atoms with van der Waals surface area (Å²) in [5.74, 6) is 0.200. The number of nitrogens with two attached hydrogens (primary N) is 1. The summed E-state index contributed by atoms with van der Waals surface area (Å²) >= 11 is 1.86. The molecule has 0 bridgehead atoms. The third kappa shape index (κ3) is 4.67. The van der Waals surface area contributed by atoms with E-state index in [2.05, 4.69) is 25.4 Å². The minimum Gasteiger partial charge on any atom is -0.354 e. The third-order valence-corrected chi connectivity index (χ3v) is 6.30. The zero-order valence-corrected chi connectivity index (χ0v) is 13.5. The van der Waals surface area contributed by atoms with Gasteiger partial charge >= 0.3 is 0 Å². The van der Waals surface area contributed by atoms with Crippen molar-refractivity contribution in [3.63, 3.8) is 0 Å². The summed E-state index contributed by atoms with van der Waals surface area (Å²) in [7, 11) is 0. The van der Waals surface area contributed by atoms with E-state index in [-0.39, 0.29) is 22.6 Å². The van der Waals surface area contributed by atoms with Crippen molar-refractivity contribution in [3.8, 4) is 0 Å². The molecule has 0 aliphatic heterocycles. The van der Waals surface area contributed by atoms with Gasteiger partial charge in [-0.05, 0) is 31.9 Å². The highest BCUT2D eigenvalue weighted by Gasteiger charge is 2.30. The summed E-state index contributed by atoms with van der Waals surface area (Å²) in [4.78, 5) is 12.4. The first-order valence-corrected chi connectivity index (χ1v) is 8.89. The second kappa shape index (κ2) is 8.15. The predicted molar refractivity (Wildman–Crippen MR) is 84.4 cm³/mol. The van der Waals surface area contributed by atoms with E-state index < -0.39 is 0 Å². The highest BCUT2D eigenvalue weighted by Crippen LogP contribution is 2.30. The van der Waals surface area contributed by atoms with Gasteiger partial charge in [-0.3, -0.25) is 4.79 Å². The molecule has 0 heterocycles. The molecule has 3 N–H and O–H groups in total. The molecule has 2 unspecified atom stereocenters. The molecular weight excluding hydrogens is 256 g/mol. The normalized spacial score (nSPS) is 24.8. The molecule has 1 aliphatic carbocycles. The third-order valence-electron chi connectivity index (χ3n) is 4.71. The zero-order valence-electron chi connectivity index (χ0n) is 12.7. The Morgan fingerprint density at radius 3 is 2.47 bits per heavy atom. The van der Waals surface area contributed by atoms with Crippen LogP contribution in [0.25, 0.3) is 0 Å². The van der Waals surface area contributed by atoms with E-state index in [1.807, 2.05) is 11.8 Å². The number of thioether (sulfide) groups is 1. The molecule has 4 heteroatoms. The van der Waals surface area contributed by atoms with Gasteiger partial charge in [0.2, 0.25) is 5.91 Å². The van der Waals surface area contributed by atoms with Gasteiger partial charge in [-0.2, -0.15) is 11.8 Å². The molecule has 2 atom stereocenters. The molecule has 1 aliphatic rings. The molecule has 0 spiro atoms. The Morgan fingerprint density at radius 2 is 1.89 bits per heavy atom. The lowest BCUT2D eigenvalue weighted by atomic mass is 9.94. The van der Waals surface area contributed by atoms with Crippen LogP contribution < -0.4 is 11.1 Å². The van der Waals surface area contributed by atoms with Gasteiger partial charge in [0.05, 0.1) is 5.92 Å². The van der Waals surface area contributed by atoms with Crippen molar-refractivity contribution in [2.45, 2.75) is 69.6 Å². The SMILES string of the molecule is CCC(CC)(CNC(=O)C1CCCCCC1N)SC. The maximum absolute atomic E-state index is 12.4. The van der Waals surface area contributed by atoms with Crippen LogP contribution in [0.2, 0.25) is 0 Å². The van der Waals surface area contributed by atoms with Crippen LogP contribution in [0.15, 0.2) is 0 Å². The van der Waals surface area contributed by atoms with E-state index in [4.69, 9.17) is 5.73 Å². The van der Waals surface area contributed by atoms with Gasteiger partial charge in [0.25, 0.3) is 0 Å². The van der Waals surface area contributed by atoms with Gasteiger partial charge in [-0.1, -0.05) is 33.1 Å². The van der Waals surface area contributed by atoms with Crippen molar-refractivity contribution in [2.24, 2.45) is 11.7 Å². The molecule has 0 aromatic carbocycles. The van der Waals surface area contributed by atoms with E-state index in [9.17, 15) is 4.79 Å². The van der Waals surface area contributed by atoms with Crippen LogP contribution in [0, 0.1) is 5.92 Å². The van der Waals surface area contributed by atoms with Gasteiger partial charge in [0, 0.05) is 17.3 Å². The van der Waals surface area contributed by atoms with Crippen molar-refractivity contribution in [1.82, 2.24) is 5.32 Å². The number of rotatable bonds is 6. The maximum Gasteiger partial charge on any atom is 0.224 e. The molecule has 19 heavy (non-hydrogen) atoms. The number of hydrogen-bond acceptors (Lipinski definition) is 3. The molecule has 0 aromatic rings. The number of hydrogen-bond donors (Lipinski definition) is 2. The quantitative estimate of drug-likeness (QED) is 0.738. The number of nitrogens with one attached hydrogen (secondary N) is 1. The number of amides is 1. The largest absolute Gasteiger partial charge is 0.354 e. The summed E-state index contributed by atoms with van der Waals surface area (Å²) < 4.78 is 0.185. The molecule has 0 radical (unpaired) electrons. The molecule has 0 saturated heterocycles. The van der Waals surface area contributed by atoms with Crippen LogP contribution in [0.3, 0.4) is 0 Å². The summed E-state index contributed by atoms with van der Waals surface area (Å²) in [6.07, 6.45) is 9.78. The minimum atomic E-state index is 0.0239. The van der Waals surface area contributed by atoms with E-state index in [0.29, 0.717) is 0 Å². The Balaban J connectivity index is 2.53. The Bertz CT molecular complexity index is 271. The van der Waals surface area contributed by atoms with Crippen LogP contribution in [-0.2, 0) is 4.79 Å². The van der Waals surface area contributed by atoms with Gasteiger partial charge in [0.15, 0.2) is 0 Å².